The Hall–Kier alpha value is -2.00. The minimum Gasteiger partial charge on any atom is -0.496 e. The van der Waals surface area contributed by atoms with Gasteiger partial charge in [-0.15, -0.1) is 0 Å². The number of nitrogens with zero attached hydrogens (tertiary/aromatic N) is 1. The van der Waals surface area contributed by atoms with E-state index < -0.39 is 0 Å². The summed E-state index contributed by atoms with van der Waals surface area (Å²) in [6.45, 7) is 0. The normalized spacial score (nSPS) is 10.8. The molecule has 0 aliphatic carbocycles. The van der Waals surface area contributed by atoms with Crippen molar-refractivity contribution in [1.82, 2.24) is 5.16 Å². The van der Waals surface area contributed by atoms with Gasteiger partial charge >= 0.3 is 0 Å². The van der Waals surface area contributed by atoms with Crippen LogP contribution in [0.4, 0.5) is 0 Å². The number of fused-ring (bicyclic) bond motifs is 1. The molecule has 0 radical (unpaired) electrons. The maximum absolute atomic E-state index is 6.01. The van der Waals surface area contributed by atoms with Gasteiger partial charge in [0.05, 0.1) is 18.1 Å². The van der Waals surface area contributed by atoms with Crippen LogP contribution in [0.25, 0.3) is 22.2 Å². The number of hydrogen-bond donors (Lipinski definition) is 0. The van der Waals surface area contributed by atoms with E-state index in [1.54, 1.807) is 13.2 Å². The Labute approximate surface area is 109 Å². The third kappa shape index (κ3) is 1.73. The van der Waals surface area contributed by atoms with Crippen LogP contribution in [-0.4, -0.2) is 12.3 Å². The van der Waals surface area contributed by atoms with Crippen LogP contribution >= 0.6 is 11.6 Å². The summed E-state index contributed by atoms with van der Waals surface area (Å²) in [4.78, 5) is 0. The molecule has 1 heterocycles. The van der Waals surface area contributed by atoms with E-state index in [1.165, 1.54) is 0 Å². The lowest BCUT2D eigenvalue weighted by atomic mass is 10.1. The zero-order valence-corrected chi connectivity index (χ0v) is 10.4. The fraction of sp³-hybridized carbons (Fsp3) is 0.0714. The van der Waals surface area contributed by atoms with Crippen LogP contribution < -0.4 is 4.74 Å². The zero-order chi connectivity index (χ0) is 12.5. The molecule has 1 aromatic heterocycles. The summed E-state index contributed by atoms with van der Waals surface area (Å²) < 4.78 is 10.7. The van der Waals surface area contributed by atoms with Gasteiger partial charge in [0.15, 0.2) is 5.76 Å². The van der Waals surface area contributed by atoms with Crippen molar-refractivity contribution < 1.29 is 9.26 Å². The highest BCUT2D eigenvalue weighted by atomic mass is 35.5. The fourth-order valence-electron chi connectivity index (χ4n) is 1.94. The number of benzene rings is 2. The van der Waals surface area contributed by atoms with Crippen LogP contribution in [0, 0.1) is 0 Å². The minimum atomic E-state index is 0.654. The summed E-state index contributed by atoms with van der Waals surface area (Å²) in [6, 6.07) is 13.1. The first-order valence-electron chi connectivity index (χ1n) is 5.48. The number of methoxy groups -OCH3 is 1. The molecule has 0 bridgehead atoms. The lowest BCUT2D eigenvalue weighted by Crippen LogP contribution is -1.86. The van der Waals surface area contributed by atoms with Crippen molar-refractivity contribution >= 4 is 22.5 Å². The Morgan fingerprint density at radius 1 is 1.17 bits per heavy atom. The Balaban J connectivity index is 2.28. The first-order chi connectivity index (χ1) is 8.79. The standard InChI is InChI=1S/C14H10ClNO2/c1-17-13-5-3-2-4-10(13)14-11-8-9(15)6-7-12(11)16-18-14/h2-8H,1H3. The molecule has 90 valence electrons. The average Bonchev–Trinajstić information content (AvgIpc) is 2.81. The van der Waals surface area contributed by atoms with Gasteiger partial charge in [0, 0.05) is 5.02 Å². The molecule has 4 heteroatoms. The van der Waals surface area contributed by atoms with Crippen LogP contribution in [-0.2, 0) is 0 Å². The molecular weight excluding hydrogens is 250 g/mol. The molecule has 3 nitrogen and oxygen atoms in total. The lowest BCUT2D eigenvalue weighted by molar-refractivity contribution is 0.408. The van der Waals surface area contributed by atoms with Crippen molar-refractivity contribution in [3.63, 3.8) is 0 Å². The van der Waals surface area contributed by atoms with Crippen LogP contribution in [0.2, 0.25) is 5.02 Å². The number of hydrogen-bond acceptors (Lipinski definition) is 3. The largest absolute Gasteiger partial charge is 0.496 e. The quantitative estimate of drug-likeness (QED) is 0.693. The van der Waals surface area contributed by atoms with E-state index in [1.807, 2.05) is 36.4 Å². The summed E-state index contributed by atoms with van der Waals surface area (Å²) in [5.41, 5.74) is 1.64. The molecule has 0 N–H and O–H groups in total. The molecule has 3 rings (SSSR count). The van der Waals surface area contributed by atoms with E-state index in [0.29, 0.717) is 10.8 Å². The van der Waals surface area contributed by atoms with Crippen LogP contribution in [0.3, 0.4) is 0 Å². The Morgan fingerprint density at radius 3 is 2.83 bits per heavy atom. The Bertz CT molecular complexity index is 706. The zero-order valence-electron chi connectivity index (χ0n) is 9.68. The highest BCUT2D eigenvalue weighted by molar-refractivity contribution is 6.31. The monoisotopic (exact) mass is 259 g/mol. The number of para-hydroxylation sites is 1. The van der Waals surface area contributed by atoms with E-state index in [-0.39, 0.29) is 0 Å². The van der Waals surface area contributed by atoms with Crippen molar-refractivity contribution in [3.05, 3.63) is 47.5 Å². The van der Waals surface area contributed by atoms with Crippen molar-refractivity contribution in [3.8, 4) is 17.1 Å². The van der Waals surface area contributed by atoms with Gasteiger partial charge in [0.25, 0.3) is 0 Å². The molecule has 0 spiro atoms. The second-order valence-corrected chi connectivity index (χ2v) is 4.31. The fourth-order valence-corrected chi connectivity index (χ4v) is 2.11. The van der Waals surface area contributed by atoms with Gasteiger partial charge in [-0.1, -0.05) is 28.9 Å². The van der Waals surface area contributed by atoms with Gasteiger partial charge in [-0.05, 0) is 30.3 Å². The van der Waals surface area contributed by atoms with Gasteiger partial charge in [0.2, 0.25) is 0 Å². The predicted octanol–water partition coefficient (Wildman–Crippen LogP) is 4.16. The summed E-state index contributed by atoms with van der Waals surface area (Å²) in [6.07, 6.45) is 0. The van der Waals surface area contributed by atoms with Crippen LogP contribution in [0.1, 0.15) is 0 Å². The molecule has 3 aromatic rings. The first kappa shape index (κ1) is 11.1. The molecule has 0 aliphatic rings. The topological polar surface area (TPSA) is 35.3 Å². The Morgan fingerprint density at radius 2 is 2.00 bits per heavy atom. The smallest absolute Gasteiger partial charge is 0.178 e. The van der Waals surface area contributed by atoms with E-state index in [2.05, 4.69) is 5.16 Å². The molecule has 18 heavy (non-hydrogen) atoms. The van der Waals surface area contributed by atoms with Gasteiger partial charge in [-0.25, -0.2) is 0 Å². The Kier molecular flexibility index (Phi) is 2.68. The van der Waals surface area contributed by atoms with E-state index in [4.69, 9.17) is 20.9 Å². The van der Waals surface area contributed by atoms with Crippen molar-refractivity contribution in [1.29, 1.82) is 0 Å². The minimum absolute atomic E-state index is 0.654. The third-order valence-electron chi connectivity index (χ3n) is 2.79. The maximum atomic E-state index is 6.01. The number of rotatable bonds is 2. The molecular formula is C14H10ClNO2. The molecule has 0 saturated heterocycles. The van der Waals surface area contributed by atoms with Crippen molar-refractivity contribution in [2.45, 2.75) is 0 Å². The SMILES string of the molecule is COc1ccccc1-c1onc2ccc(Cl)cc12. The number of ether oxygens (including phenoxy) is 1. The summed E-state index contributed by atoms with van der Waals surface area (Å²) >= 11 is 6.01. The van der Waals surface area contributed by atoms with Gasteiger partial charge in [-0.2, -0.15) is 0 Å². The highest BCUT2D eigenvalue weighted by Crippen LogP contribution is 2.35. The molecule has 0 amide bonds. The predicted molar refractivity (Wildman–Crippen MR) is 71.0 cm³/mol. The number of aromatic nitrogens is 1. The summed E-state index contributed by atoms with van der Waals surface area (Å²) in [5.74, 6) is 1.42. The van der Waals surface area contributed by atoms with Gasteiger partial charge in [0.1, 0.15) is 11.3 Å². The van der Waals surface area contributed by atoms with Crippen molar-refractivity contribution in [2.24, 2.45) is 0 Å². The average molecular weight is 260 g/mol. The molecule has 0 aliphatic heterocycles. The molecule has 0 fully saturated rings. The maximum Gasteiger partial charge on any atom is 0.178 e. The summed E-state index contributed by atoms with van der Waals surface area (Å²) in [7, 11) is 1.63. The molecule has 0 saturated carbocycles. The van der Waals surface area contributed by atoms with Gasteiger partial charge in [-0.3, -0.25) is 0 Å². The lowest BCUT2D eigenvalue weighted by Gasteiger charge is -2.04. The van der Waals surface area contributed by atoms with E-state index in [0.717, 1.165) is 22.2 Å². The molecule has 2 aromatic carbocycles. The number of halogens is 1. The highest BCUT2D eigenvalue weighted by Gasteiger charge is 2.14. The van der Waals surface area contributed by atoms with Crippen LogP contribution in [0.5, 0.6) is 5.75 Å². The second-order valence-electron chi connectivity index (χ2n) is 3.87. The van der Waals surface area contributed by atoms with Gasteiger partial charge < -0.3 is 9.26 Å². The molecule has 0 atom stereocenters. The first-order valence-corrected chi connectivity index (χ1v) is 5.86. The summed E-state index contributed by atoms with van der Waals surface area (Å²) in [5, 5.41) is 5.56. The molecule has 0 unspecified atom stereocenters. The van der Waals surface area contributed by atoms with Crippen molar-refractivity contribution in [2.75, 3.05) is 7.11 Å². The second kappa shape index (κ2) is 4.35. The van der Waals surface area contributed by atoms with Crippen LogP contribution in [0.15, 0.2) is 47.0 Å². The van der Waals surface area contributed by atoms with E-state index in [9.17, 15) is 0 Å². The van der Waals surface area contributed by atoms with E-state index >= 15 is 0 Å². The third-order valence-corrected chi connectivity index (χ3v) is 3.03.